The van der Waals surface area contributed by atoms with E-state index in [1.165, 1.54) is 21.1 Å². The predicted molar refractivity (Wildman–Crippen MR) is 115 cm³/mol. The van der Waals surface area contributed by atoms with Crippen molar-refractivity contribution in [2.24, 2.45) is 0 Å². The molecule has 0 bridgehead atoms. The third-order valence-electron chi connectivity index (χ3n) is 4.48. The van der Waals surface area contributed by atoms with E-state index in [-0.39, 0.29) is 11.7 Å². The molecule has 0 aromatic heterocycles. The smallest absolute Gasteiger partial charge is 0.255 e. The van der Waals surface area contributed by atoms with Crippen LogP contribution in [-0.4, -0.2) is 25.9 Å². The number of anilines is 1. The van der Waals surface area contributed by atoms with Crippen LogP contribution in [0.5, 0.6) is 17.2 Å². The number of hydrogen-bond acceptors (Lipinski definition) is 5. The molecule has 0 saturated carbocycles. The number of rotatable bonds is 8. The maximum Gasteiger partial charge on any atom is 0.255 e. The van der Waals surface area contributed by atoms with Gasteiger partial charge in [0, 0.05) is 16.8 Å². The number of Topliss-reactive ketones (excluding diaryl/α,β-unsaturated/α-hetero) is 1. The lowest BCUT2D eigenvalue weighted by Crippen LogP contribution is -2.13. The lowest BCUT2D eigenvalue weighted by atomic mass is 10.1. The molecule has 1 N–H and O–H groups in total. The molecule has 0 atom stereocenters. The van der Waals surface area contributed by atoms with E-state index in [4.69, 9.17) is 14.2 Å². The number of hydrogen-bond donors (Lipinski definition) is 1. The van der Waals surface area contributed by atoms with Crippen molar-refractivity contribution in [2.45, 2.75) is 13.5 Å². The number of amides is 1. The SMILES string of the molecule is COc1cc(C(=O)Nc2cccc(C(C)=O)c2)cc(OC)c1OCc1ccccc1. The fourth-order valence-corrected chi connectivity index (χ4v) is 2.90. The van der Waals surface area contributed by atoms with E-state index in [9.17, 15) is 9.59 Å². The third-order valence-corrected chi connectivity index (χ3v) is 4.48. The molecule has 0 spiro atoms. The molecule has 3 rings (SSSR count). The second-order valence-corrected chi connectivity index (χ2v) is 6.58. The molecule has 6 nitrogen and oxygen atoms in total. The molecule has 1 amide bonds. The highest BCUT2D eigenvalue weighted by Gasteiger charge is 2.18. The lowest BCUT2D eigenvalue weighted by molar-refractivity contribution is 0.101. The van der Waals surface area contributed by atoms with Crippen molar-refractivity contribution in [3.63, 3.8) is 0 Å². The average molecular weight is 405 g/mol. The van der Waals surface area contributed by atoms with E-state index < -0.39 is 0 Å². The van der Waals surface area contributed by atoms with Crippen molar-refractivity contribution in [3.8, 4) is 17.2 Å². The van der Waals surface area contributed by atoms with Gasteiger partial charge in [-0.2, -0.15) is 0 Å². The number of methoxy groups -OCH3 is 2. The van der Waals surface area contributed by atoms with Gasteiger partial charge in [0.1, 0.15) is 6.61 Å². The summed E-state index contributed by atoms with van der Waals surface area (Å²) in [6, 6.07) is 19.7. The van der Waals surface area contributed by atoms with Gasteiger partial charge in [-0.05, 0) is 36.8 Å². The second-order valence-electron chi connectivity index (χ2n) is 6.58. The monoisotopic (exact) mass is 405 g/mol. The molecule has 0 radical (unpaired) electrons. The molecule has 0 aliphatic carbocycles. The summed E-state index contributed by atoms with van der Waals surface area (Å²) < 4.78 is 16.8. The predicted octanol–water partition coefficient (Wildman–Crippen LogP) is 4.74. The number of ketones is 1. The molecule has 0 saturated heterocycles. The Morgan fingerprint density at radius 2 is 1.50 bits per heavy atom. The molecule has 3 aromatic carbocycles. The second kappa shape index (κ2) is 9.60. The molecule has 3 aromatic rings. The van der Waals surface area contributed by atoms with Crippen LogP contribution in [0.15, 0.2) is 66.7 Å². The summed E-state index contributed by atoms with van der Waals surface area (Å²) in [5, 5.41) is 2.79. The number of carbonyl (C=O) groups is 2. The molecule has 30 heavy (non-hydrogen) atoms. The topological polar surface area (TPSA) is 73.9 Å². The summed E-state index contributed by atoms with van der Waals surface area (Å²) in [5.74, 6) is 0.746. The molecule has 6 heteroatoms. The quantitative estimate of drug-likeness (QED) is 0.548. The maximum absolute atomic E-state index is 12.8. The Labute approximate surface area is 175 Å². The Kier molecular flexibility index (Phi) is 6.70. The number of ether oxygens (including phenoxy) is 3. The number of nitrogens with one attached hydrogen (secondary N) is 1. The minimum Gasteiger partial charge on any atom is -0.493 e. The van der Waals surface area contributed by atoms with Crippen LogP contribution < -0.4 is 19.5 Å². The van der Waals surface area contributed by atoms with Gasteiger partial charge in [0.2, 0.25) is 5.75 Å². The van der Waals surface area contributed by atoms with E-state index in [1.807, 2.05) is 30.3 Å². The van der Waals surface area contributed by atoms with Gasteiger partial charge in [-0.15, -0.1) is 0 Å². The minimum atomic E-state index is -0.359. The largest absolute Gasteiger partial charge is 0.493 e. The first-order valence-electron chi connectivity index (χ1n) is 9.37. The first-order chi connectivity index (χ1) is 14.5. The van der Waals surface area contributed by atoms with Gasteiger partial charge < -0.3 is 19.5 Å². The van der Waals surface area contributed by atoms with E-state index in [0.717, 1.165) is 5.56 Å². The highest BCUT2D eigenvalue weighted by Crippen LogP contribution is 2.39. The van der Waals surface area contributed by atoms with Crippen LogP contribution in [-0.2, 0) is 6.61 Å². The van der Waals surface area contributed by atoms with Crippen LogP contribution in [0, 0.1) is 0 Å². The summed E-state index contributed by atoms with van der Waals surface area (Å²) in [6.45, 7) is 1.81. The van der Waals surface area contributed by atoms with Gasteiger partial charge in [-0.3, -0.25) is 9.59 Å². The van der Waals surface area contributed by atoms with Gasteiger partial charge in [0.15, 0.2) is 17.3 Å². The highest BCUT2D eigenvalue weighted by molar-refractivity contribution is 6.05. The molecule has 0 unspecified atom stereocenters. The summed E-state index contributed by atoms with van der Waals surface area (Å²) in [5.41, 5.74) is 2.38. The third kappa shape index (κ3) is 4.97. The van der Waals surface area contributed by atoms with Crippen molar-refractivity contribution in [1.82, 2.24) is 0 Å². The first-order valence-corrected chi connectivity index (χ1v) is 9.37. The molecule has 0 heterocycles. The Morgan fingerprint density at radius 3 is 2.10 bits per heavy atom. The van der Waals surface area contributed by atoms with Gasteiger partial charge in [0.05, 0.1) is 14.2 Å². The van der Waals surface area contributed by atoms with Gasteiger partial charge in [-0.1, -0.05) is 42.5 Å². The Hall–Kier alpha value is -3.80. The Morgan fingerprint density at radius 1 is 0.833 bits per heavy atom. The number of benzene rings is 3. The van der Waals surface area contributed by atoms with Crippen molar-refractivity contribution in [2.75, 3.05) is 19.5 Å². The van der Waals surface area contributed by atoms with Crippen LogP contribution in [0.4, 0.5) is 5.69 Å². The first kappa shape index (κ1) is 20.9. The van der Waals surface area contributed by atoms with Crippen molar-refractivity contribution < 1.29 is 23.8 Å². The Balaban J connectivity index is 1.84. The van der Waals surface area contributed by atoms with Gasteiger partial charge in [0.25, 0.3) is 5.91 Å². The lowest BCUT2D eigenvalue weighted by Gasteiger charge is -2.16. The molecular formula is C24H23NO5. The van der Waals surface area contributed by atoms with Gasteiger partial charge >= 0.3 is 0 Å². The van der Waals surface area contributed by atoms with E-state index >= 15 is 0 Å². The fraction of sp³-hybridized carbons (Fsp3) is 0.167. The highest BCUT2D eigenvalue weighted by atomic mass is 16.5. The van der Waals surface area contributed by atoms with Crippen molar-refractivity contribution in [1.29, 1.82) is 0 Å². The number of carbonyl (C=O) groups excluding carboxylic acids is 2. The van der Waals surface area contributed by atoms with Crippen LogP contribution in [0.25, 0.3) is 0 Å². The zero-order chi connectivity index (χ0) is 21.5. The molecule has 154 valence electrons. The van der Waals surface area contributed by atoms with Crippen molar-refractivity contribution >= 4 is 17.4 Å². The molecule has 0 fully saturated rings. The molecular weight excluding hydrogens is 382 g/mol. The van der Waals surface area contributed by atoms with E-state index in [1.54, 1.807) is 36.4 Å². The molecule has 0 aliphatic heterocycles. The Bertz CT molecular complexity index is 1020. The summed E-state index contributed by atoms with van der Waals surface area (Å²) in [4.78, 5) is 24.3. The van der Waals surface area contributed by atoms with Crippen LogP contribution in [0.3, 0.4) is 0 Å². The fourth-order valence-electron chi connectivity index (χ4n) is 2.90. The van der Waals surface area contributed by atoms with Gasteiger partial charge in [-0.25, -0.2) is 0 Å². The van der Waals surface area contributed by atoms with Crippen LogP contribution in [0.1, 0.15) is 33.2 Å². The van der Waals surface area contributed by atoms with E-state index in [0.29, 0.717) is 40.7 Å². The zero-order valence-corrected chi connectivity index (χ0v) is 17.1. The maximum atomic E-state index is 12.8. The van der Waals surface area contributed by atoms with Crippen molar-refractivity contribution in [3.05, 3.63) is 83.4 Å². The summed E-state index contributed by atoms with van der Waals surface area (Å²) in [7, 11) is 3.00. The standard InChI is InChI=1S/C24H23NO5/c1-16(26)18-10-7-11-20(12-18)25-24(27)19-13-21(28-2)23(22(14-19)29-3)30-15-17-8-5-4-6-9-17/h4-14H,15H2,1-3H3,(H,25,27). The summed E-state index contributed by atoms with van der Waals surface area (Å²) in [6.07, 6.45) is 0. The average Bonchev–Trinajstić information content (AvgIpc) is 2.77. The summed E-state index contributed by atoms with van der Waals surface area (Å²) >= 11 is 0. The molecule has 0 aliphatic rings. The normalized spacial score (nSPS) is 10.2. The van der Waals surface area contributed by atoms with Crippen LogP contribution >= 0.6 is 0 Å². The van der Waals surface area contributed by atoms with E-state index in [2.05, 4.69) is 5.32 Å². The minimum absolute atomic E-state index is 0.0747. The van der Waals surface area contributed by atoms with Crippen LogP contribution in [0.2, 0.25) is 0 Å². The zero-order valence-electron chi connectivity index (χ0n) is 17.1.